The third kappa shape index (κ3) is 5.08. The standard InChI is InChI=1S/C41H26ClN5OS2/c1-48-28-16-14-24-18-26(13-12-25(24)19-28)29-21-32(22-8-4-2-5-9-22)44-39-34(29)38-35(40(49)47-41(50)46-38)37(45-39)33-30-20-27(42)15-17-31(30)43-36(33)23-10-6-3-7-11-23/h2-21,43H,1H3,(H2,46,47,49,50). The maximum absolute atomic E-state index is 6.63. The maximum Gasteiger partial charge on any atom is 0.175 e. The molecule has 4 heterocycles. The SMILES string of the molecule is COc1ccc2cc(-c3cc(-c4ccccc4)nc4nc(-c5c(-c6ccccc6)[nH]c6ccc(Cl)cc56)c5c(=S)[nH]c(=S)[nH]c5c34)ccc2c1. The fourth-order valence-corrected chi connectivity index (χ4v) is 7.58. The minimum atomic E-state index is 0.412. The van der Waals surface area contributed by atoms with Gasteiger partial charge in [0.15, 0.2) is 10.4 Å². The molecule has 0 saturated heterocycles. The Morgan fingerprint density at radius 1 is 0.660 bits per heavy atom. The molecule has 0 aliphatic rings. The first-order valence-electron chi connectivity index (χ1n) is 16.0. The van der Waals surface area contributed by atoms with E-state index in [2.05, 4.69) is 69.5 Å². The van der Waals surface area contributed by atoms with Crippen molar-refractivity contribution < 1.29 is 4.74 Å². The van der Waals surface area contributed by atoms with Gasteiger partial charge in [0.25, 0.3) is 0 Å². The molecule has 0 saturated carbocycles. The Morgan fingerprint density at radius 2 is 1.40 bits per heavy atom. The Hall–Kier alpha value is -5.67. The summed E-state index contributed by atoms with van der Waals surface area (Å²) in [6.45, 7) is 0. The highest BCUT2D eigenvalue weighted by Gasteiger charge is 2.24. The van der Waals surface area contributed by atoms with Crippen molar-refractivity contribution in [2.45, 2.75) is 0 Å². The Kier molecular flexibility index (Phi) is 7.31. The Bertz CT molecular complexity index is 2920. The molecular weight excluding hydrogens is 678 g/mol. The molecule has 0 aliphatic carbocycles. The largest absolute Gasteiger partial charge is 0.497 e. The maximum atomic E-state index is 6.63. The Labute approximate surface area is 301 Å². The van der Waals surface area contributed by atoms with Crippen LogP contribution in [0.25, 0.3) is 88.5 Å². The molecule has 0 atom stereocenters. The molecule has 0 bridgehead atoms. The second-order valence-corrected chi connectivity index (χ2v) is 13.4. The molecule has 6 nitrogen and oxygen atoms in total. The molecule has 0 radical (unpaired) electrons. The number of nitrogens with zero attached hydrogens (tertiary/aromatic N) is 2. The van der Waals surface area contributed by atoms with Crippen molar-refractivity contribution in [1.29, 1.82) is 0 Å². The van der Waals surface area contributed by atoms with Crippen molar-refractivity contribution in [3.8, 4) is 50.6 Å². The summed E-state index contributed by atoms with van der Waals surface area (Å²) in [4.78, 5) is 21.0. The van der Waals surface area contributed by atoms with E-state index in [1.165, 1.54) is 0 Å². The zero-order valence-electron chi connectivity index (χ0n) is 26.5. The number of pyridine rings is 2. The predicted octanol–water partition coefficient (Wildman–Crippen LogP) is 11.9. The van der Waals surface area contributed by atoms with Gasteiger partial charge in [-0.05, 0) is 82.1 Å². The number of aromatic amines is 3. The molecule has 9 heteroatoms. The van der Waals surface area contributed by atoms with Crippen LogP contribution in [0.3, 0.4) is 0 Å². The smallest absolute Gasteiger partial charge is 0.175 e. The minimum Gasteiger partial charge on any atom is -0.497 e. The summed E-state index contributed by atoms with van der Waals surface area (Å²) in [6.07, 6.45) is 0. The minimum absolute atomic E-state index is 0.412. The van der Waals surface area contributed by atoms with Crippen molar-refractivity contribution in [3.63, 3.8) is 0 Å². The van der Waals surface area contributed by atoms with Crippen molar-refractivity contribution in [3.05, 3.63) is 136 Å². The number of hydrogen-bond donors (Lipinski definition) is 3. The van der Waals surface area contributed by atoms with Gasteiger partial charge >= 0.3 is 0 Å². The van der Waals surface area contributed by atoms with Crippen LogP contribution in [-0.4, -0.2) is 32.0 Å². The number of rotatable bonds is 5. The molecule has 0 fully saturated rings. The van der Waals surface area contributed by atoms with Crippen molar-refractivity contribution in [2.24, 2.45) is 0 Å². The van der Waals surface area contributed by atoms with Crippen LogP contribution in [0.2, 0.25) is 5.02 Å². The van der Waals surface area contributed by atoms with E-state index in [1.807, 2.05) is 66.7 Å². The zero-order valence-corrected chi connectivity index (χ0v) is 28.9. The summed E-state index contributed by atoms with van der Waals surface area (Å²) in [5.74, 6) is 0.809. The van der Waals surface area contributed by atoms with E-state index >= 15 is 0 Å². The van der Waals surface area contributed by atoms with Crippen LogP contribution in [0.5, 0.6) is 5.75 Å². The molecule has 0 unspecified atom stereocenters. The summed E-state index contributed by atoms with van der Waals surface area (Å²) in [7, 11) is 1.68. The molecule has 240 valence electrons. The van der Waals surface area contributed by atoms with E-state index in [9.17, 15) is 0 Å². The van der Waals surface area contributed by atoms with Gasteiger partial charge in [-0.25, -0.2) is 9.97 Å². The van der Waals surface area contributed by atoms with Crippen LogP contribution in [0.15, 0.2) is 121 Å². The molecule has 0 amide bonds. The first-order chi connectivity index (χ1) is 24.4. The highest BCUT2D eigenvalue weighted by Crippen LogP contribution is 2.44. The van der Waals surface area contributed by atoms with Gasteiger partial charge in [0.05, 0.1) is 40.5 Å². The Morgan fingerprint density at radius 3 is 2.18 bits per heavy atom. The summed E-state index contributed by atoms with van der Waals surface area (Å²) in [5.41, 5.74) is 9.42. The Balaban J connectivity index is 1.45. The van der Waals surface area contributed by atoms with Gasteiger partial charge in [0.2, 0.25) is 0 Å². The van der Waals surface area contributed by atoms with Crippen LogP contribution < -0.4 is 4.74 Å². The first-order valence-corrected chi connectivity index (χ1v) is 17.2. The fourth-order valence-electron chi connectivity index (χ4n) is 6.84. The number of nitrogens with one attached hydrogen (secondary N) is 3. The number of ether oxygens (including phenoxy) is 1. The van der Waals surface area contributed by atoms with Gasteiger partial charge in [0, 0.05) is 27.1 Å². The number of aromatic nitrogens is 5. The van der Waals surface area contributed by atoms with E-state index in [4.69, 9.17) is 50.7 Å². The monoisotopic (exact) mass is 703 g/mol. The molecule has 4 aromatic heterocycles. The van der Waals surface area contributed by atoms with Gasteiger partial charge in [-0.3, -0.25) is 0 Å². The van der Waals surface area contributed by atoms with Crippen molar-refractivity contribution in [1.82, 2.24) is 24.9 Å². The van der Waals surface area contributed by atoms with Gasteiger partial charge in [0.1, 0.15) is 10.4 Å². The predicted molar refractivity (Wildman–Crippen MR) is 210 cm³/mol. The zero-order chi connectivity index (χ0) is 33.9. The number of hydrogen-bond acceptors (Lipinski definition) is 5. The number of fused-ring (bicyclic) bond motifs is 5. The summed E-state index contributed by atoms with van der Waals surface area (Å²) in [6, 6.07) is 40.8. The third-order valence-electron chi connectivity index (χ3n) is 9.14. The number of benzene rings is 5. The van der Waals surface area contributed by atoms with Crippen molar-refractivity contribution >= 4 is 79.6 Å². The summed E-state index contributed by atoms with van der Waals surface area (Å²) >= 11 is 18.4. The van der Waals surface area contributed by atoms with Gasteiger partial charge in [-0.1, -0.05) is 103 Å². The van der Waals surface area contributed by atoms with Gasteiger partial charge in [-0.15, -0.1) is 0 Å². The topological polar surface area (TPSA) is 82.4 Å². The lowest BCUT2D eigenvalue weighted by Gasteiger charge is -2.16. The highest BCUT2D eigenvalue weighted by atomic mass is 35.5. The van der Waals surface area contributed by atoms with Crippen LogP contribution in [0.4, 0.5) is 0 Å². The molecule has 5 aromatic carbocycles. The highest BCUT2D eigenvalue weighted by molar-refractivity contribution is 7.72. The lowest BCUT2D eigenvalue weighted by Crippen LogP contribution is -2.00. The van der Waals surface area contributed by atoms with E-state index in [0.717, 1.165) is 82.9 Å². The van der Waals surface area contributed by atoms with Crippen LogP contribution in [-0.2, 0) is 0 Å². The summed E-state index contributed by atoms with van der Waals surface area (Å²) in [5, 5.41) is 5.26. The average Bonchev–Trinajstić information content (AvgIpc) is 3.52. The normalized spacial score (nSPS) is 11.6. The van der Waals surface area contributed by atoms with Crippen LogP contribution in [0, 0.1) is 9.41 Å². The molecule has 9 rings (SSSR count). The average molecular weight is 704 g/mol. The van der Waals surface area contributed by atoms with E-state index < -0.39 is 0 Å². The quantitative estimate of drug-likeness (QED) is 0.123. The molecular formula is C41H26ClN5OS2. The molecule has 0 spiro atoms. The van der Waals surface area contributed by atoms with E-state index in [1.54, 1.807) is 7.11 Å². The molecule has 3 N–H and O–H groups in total. The number of halogens is 1. The number of H-pyrrole nitrogens is 3. The molecule has 50 heavy (non-hydrogen) atoms. The lowest BCUT2D eigenvalue weighted by molar-refractivity contribution is 0.415. The van der Waals surface area contributed by atoms with E-state index in [0.29, 0.717) is 25.8 Å². The van der Waals surface area contributed by atoms with Gasteiger partial charge < -0.3 is 19.7 Å². The van der Waals surface area contributed by atoms with Crippen LogP contribution in [0.1, 0.15) is 0 Å². The second-order valence-electron chi connectivity index (χ2n) is 12.1. The third-order valence-corrected chi connectivity index (χ3v) is 9.88. The number of methoxy groups -OCH3 is 1. The summed E-state index contributed by atoms with van der Waals surface area (Å²) < 4.78 is 6.38. The second kappa shape index (κ2) is 12.0. The first kappa shape index (κ1) is 30.4. The molecule has 9 aromatic rings. The van der Waals surface area contributed by atoms with E-state index in [-0.39, 0.29) is 0 Å². The lowest BCUT2D eigenvalue weighted by atomic mass is 9.94. The van der Waals surface area contributed by atoms with Crippen LogP contribution >= 0.6 is 36.0 Å². The van der Waals surface area contributed by atoms with Gasteiger partial charge in [-0.2, -0.15) is 0 Å². The fraction of sp³-hybridized carbons (Fsp3) is 0.0244. The molecule has 0 aliphatic heterocycles. The van der Waals surface area contributed by atoms with Crippen molar-refractivity contribution in [2.75, 3.05) is 7.11 Å².